The number of phenolic OH excluding ortho intramolecular Hbond substituents is 1. The number of carbonyl (C=O) groups is 5. The number of likely N-dealkylation sites (tertiary alicyclic amines) is 2. The molecule has 5 amide bonds. The number of alkyl halides is 1. The van der Waals surface area contributed by atoms with Crippen LogP contribution in [0.5, 0.6) is 11.8 Å². The van der Waals surface area contributed by atoms with Crippen molar-refractivity contribution in [1.82, 2.24) is 50.5 Å². The number of pyridine rings is 1. The molecule has 5 saturated heterocycles. The summed E-state index contributed by atoms with van der Waals surface area (Å²) in [5, 5.41) is 31.9. The number of aliphatic hydroxyl groups is 1. The molecule has 2 aromatic heterocycles. The predicted octanol–water partition coefficient (Wildman–Crippen LogP) is 6.35. The molecule has 5 aromatic rings. The van der Waals surface area contributed by atoms with Gasteiger partial charge < -0.3 is 55.4 Å². The molecule has 6 atom stereocenters. The lowest BCUT2D eigenvalue weighted by Crippen LogP contribution is -2.59. The van der Waals surface area contributed by atoms with E-state index in [1.807, 2.05) is 42.3 Å². The van der Waals surface area contributed by atoms with E-state index in [0.29, 0.717) is 107 Å². The highest BCUT2D eigenvalue weighted by Crippen LogP contribution is 2.42. The molecule has 6 fully saturated rings. The van der Waals surface area contributed by atoms with Crippen molar-refractivity contribution in [3.05, 3.63) is 88.7 Å². The summed E-state index contributed by atoms with van der Waals surface area (Å²) in [6.07, 6.45) is 12.6. The number of aromatic nitrogens is 3. The Hall–Kier alpha value is -8.20. The summed E-state index contributed by atoms with van der Waals surface area (Å²) >= 11 is 0. The van der Waals surface area contributed by atoms with Gasteiger partial charge in [-0.05, 0) is 111 Å². The number of aromatic hydroxyl groups is 1. The van der Waals surface area contributed by atoms with Crippen molar-refractivity contribution in [2.24, 2.45) is 16.3 Å². The van der Waals surface area contributed by atoms with Gasteiger partial charge in [0.2, 0.25) is 23.6 Å². The van der Waals surface area contributed by atoms with Crippen LogP contribution in [-0.2, 0) is 24.0 Å². The molecular weight excluding hydrogens is 1160 g/mol. The van der Waals surface area contributed by atoms with Gasteiger partial charge in [-0.1, -0.05) is 57.0 Å². The van der Waals surface area contributed by atoms with Crippen molar-refractivity contribution >= 4 is 68.8 Å². The summed E-state index contributed by atoms with van der Waals surface area (Å²) in [5.74, 6) is -1.21. The first-order chi connectivity index (χ1) is 43.1. The van der Waals surface area contributed by atoms with E-state index in [0.717, 1.165) is 29.7 Å². The first-order valence-electron chi connectivity index (χ1n) is 31.5. The molecule has 90 heavy (non-hydrogen) atoms. The van der Waals surface area contributed by atoms with Gasteiger partial charge in [0.1, 0.15) is 40.7 Å². The van der Waals surface area contributed by atoms with Crippen LogP contribution in [0, 0.1) is 35.3 Å². The van der Waals surface area contributed by atoms with Crippen molar-refractivity contribution < 1.29 is 52.1 Å². The van der Waals surface area contributed by atoms with Gasteiger partial charge in [0.05, 0.1) is 36.1 Å². The second kappa shape index (κ2) is 25.2. The lowest BCUT2D eigenvalue weighted by molar-refractivity contribution is -0.145. The van der Waals surface area contributed by atoms with Crippen LogP contribution >= 0.6 is 0 Å². The Morgan fingerprint density at radius 2 is 1.62 bits per heavy atom. The average molecular weight is 1240 g/mol. The number of piperazine rings is 2. The molecule has 7 aliphatic rings. The first kappa shape index (κ1) is 62.0. The van der Waals surface area contributed by atoms with Gasteiger partial charge in [-0.2, -0.15) is 9.97 Å². The zero-order valence-electron chi connectivity index (χ0n) is 51.2. The van der Waals surface area contributed by atoms with E-state index in [1.165, 1.54) is 35.4 Å². The summed E-state index contributed by atoms with van der Waals surface area (Å²) in [6, 6.07) is 10.3. The number of fused-ring (bicyclic) bond motifs is 4. The van der Waals surface area contributed by atoms with E-state index in [-0.39, 0.29) is 108 Å². The molecule has 1 aliphatic carbocycles. The number of nitrogens with one attached hydrogen (secondary N) is 3. The smallest absolute Gasteiger partial charge is 0.319 e. The molecule has 6 aliphatic heterocycles. The second-order valence-electron chi connectivity index (χ2n) is 26.3. The standard InChI is InChI=1S/C67H77F3N12O8/c1-6-47-51(68)15-12-42-30-45(83)31-49(55(42)47)57-56(69)58-50(34-72-57)60(81-35-43-13-14-44(36-81)73-43)77-65(75-58)90-29-7-22-78-23-17-41(18-24-78)62(87)80-27-25-79(26-28-80)54(85)33-52(40-10-8-39(9-11-40)48-16-21-71-38(48)2)74-61(86)53-32-46(84)37-82(53)63(88)59(66(3,4)5)76-64(89)67(70)19-20-67/h1,8-12,15,21,30-31,34,41,43-44,46,52-53,59,73,83-84H,7,13-14,16-20,22-29,32-33,35-37H2,2-5H3,(H,74,86)(H,76,89)/t43?,44?,46-,52?,53?,59-/m1/s1. The summed E-state index contributed by atoms with van der Waals surface area (Å²) in [4.78, 5) is 97.6. The van der Waals surface area contributed by atoms with E-state index < -0.39 is 64.7 Å². The van der Waals surface area contributed by atoms with Crippen molar-refractivity contribution in [3.8, 4) is 35.4 Å². The number of phenols is 1. The van der Waals surface area contributed by atoms with Crippen molar-refractivity contribution in [2.75, 3.05) is 77.0 Å². The van der Waals surface area contributed by atoms with E-state index in [4.69, 9.17) is 16.1 Å². The fraction of sp³-hybridized carbons (Fsp3) is 0.507. The third kappa shape index (κ3) is 12.8. The molecule has 3 aromatic carbocycles. The molecule has 474 valence electrons. The Bertz CT molecular complexity index is 3740. The highest BCUT2D eigenvalue weighted by Gasteiger charge is 2.53. The Balaban J connectivity index is 0.659. The normalized spacial score (nSPS) is 22.5. The highest BCUT2D eigenvalue weighted by molar-refractivity contribution is 6.03. The fourth-order valence-corrected chi connectivity index (χ4v) is 13.8. The number of carbonyl (C=O) groups excluding carboxylic acids is 5. The molecule has 0 radical (unpaired) electrons. The maximum atomic E-state index is 17.1. The van der Waals surface area contributed by atoms with Crippen LogP contribution in [0.25, 0.3) is 38.5 Å². The van der Waals surface area contributed by atoms with Crippen molar-refractivity contribution in [2.45, 2.75) is 134 Å². The molecule has 1 saturated carbocycles. The monoisotopic (exact) mass is 1230 g/mol. The molecule has 5 N–H and O–H groups in total. The predicted molar refractivity (Wildman–Crippen MR) is 333 cm³/mol. The number of hydrogen-bond acceptors (Lipinski definition) is 15. The number of amides is 5. The quantitative estimate of drug-likeness (QED) is 0.0504. The Kier molecular flexibility index (Phi) is 17.4. The summed E-state index contributed by atoms with van der Waals surface area (Å²) in [6.45, 7) is 11.8. The maximum absolute atomic E-state index is 17.1. The molecule has 4 unspecified atom stereocenters. The number of benzene rings is 3. The van der Waals surface area contributed by atoms with E-state index >= 15 is 8.78 Å². The van der Waals surface area contributed by atoms with Gasteiger partial charge >= 0.3 is 6.01 Å². The minimum absolute atomic E-state index is 0.00741. The number of terminal acetylenes is 1. The van der Waals surface area contributed by atoms with Gasteiger partial charge in [-0.25, -0.2) is 13.2 Å². The Morgan fingerprint density at radius 1 is 0.911 bits per heavy atom. The Morgan fingerprint density at radius 3 is 2.29 bits per heavy atom. The number of aliphatic imine (C=N–C) groups is 1. The molecule has 20 nitrogen and oxygen atoms in total. The third-order valence-corrected chi connectivity index (χ3v) is 19.1. The highest BCUT2D eigenvalue weighted by atomic mass is 19.1. The number of ether oxygens (including phenoxy) is 1. The molecule has 12 rings (SSSR count). The van der Waals surface area contributed by atoms with Crippen molar-refractivity contribution in [1.29, 1.82) is 0 Å². The number of β-amino-alcohol motifs (C(OH)–C–C–N with tert-alkyl or cyclic N) is 1. The summed E-state index contributed by atoms with van der Waals surface area (Å²) in [5.41, 5.74) is 0.507. The van der Waals surface area contributed by atoms with Crippen LogP contribution in [0.15, 0.2) is 65.4 Å². The van der Waals surface area contributed by atoms with E-state index in [1.54, 1.807) is 25.7 Å². The van der Waals surface area contributed by atoms with E-state index in [9.17, 15) is 38.6 Å². The largest absolute Gasteiger partial charge is 0.508 e. The molecule has 23 heteroatoms. The van der Waals surface area contributed by atoms with Gasteiger partial charge in [0, 0.05) is 112 Å². The van der Waals surface area contributed by atoms with Gasteiger partial charge in [0.25, 0.3) is 5.91 Å². The van der Waals surface area contributed by atoms with Crippen LogP contribution in [0.1, 0.15) is 115 Å². The summed E-state index contributed by atoms with van der Waals surface area (Å²) in [7, 11) is 0. The maximum Gasteiger partial charge on any atom is 0.319 e. The minimum atomic E-state index is -2.03. The van der Waals surface area contributed by atoms with Crippen LogP contribution < -0.4 is 25.6 Å². The lowest BCUT2D eigenvalue weighted by Gasteiger charge is -2.39. The van der Waals surface area contributed by atoms with Crippen LogP contribution in [0.2, 0.25) is 0 Å². The number of halogens is 3. The molecule has 2 bridgehead atoms. The fourth-order valence-electron chi connectivity index (χ4n) is 13.8. The first-order valence-corrected chi connectivity index (χ1v) is 31.5. The topological polar surface area (TPSA) is 238 Å². The van der Waals surface area contributed by atoms with Crippen molar-refractivity contribution in [3.63, 3.8) is 0 Å². The second-order valence-corrected chi connectivity index (χ2v) is 26.3. The number of hydrogen-bond donors (Lipinski definition) is 5. The van der Waals surface area contributed by atoms with Crippen LogP contribution in [0.4, 0.5) is 19.0 Å². The molecule has 0 spiro atoms. The zero-order valence-corrected chi connectivity index (χ0v) is 51.2. The lowest BCUT2D eigenvalue weighted by atomic mass is 9.85. The Labute approximate surface area is 520 Å². The van der Waals surface area contributed by atoms with Gasteiger partial charge in [-0.3, -0.25) is 33.9 Å². The zero-order chi connectivity index (χ0) is 63.3. The number of allylic oxidation sites excluding steroid dienone is 2. The number of rotatable bonds is 17. The average Bonchev–Trinajstić information content (AvgIpc) is 0.955. The van der Waals surface area contributed by atoms with Gasteiger partial charge in [0.15, 0.2) is 11.5 Å². The number of aliphatic hydroxyl groups excluding tert-OH is 1. The number of piperidine rings is 1. The SMILES string of the molecule is C#Cc1c(F)ccc2cc(O)cc(-c3ncc4c(N5CC6CCC(C5)N6)nc(OCCCN5CCC(C(=O)N6CCN(C(=O)CC(NC(=O)C7C[C@@H](O)CN7C(=O)[C@@H](NC(=O)C7(F)CC7)C(C)(C)C)c7ccc(C8=C(C)N=CC8)cc7)CC6)CC5)nc4c3F)c12. The minimum Gasteiger partial charge on any atom is -0.508 e. The number of nitrogens with zero attached hydrogens (tertiary/aromatic N) is 9. The van der Waals surface area contributed by atoms with Crippen LogP contribution in [-0.4, -0.2) is 189 Å². The molecular formula is C67H77F3N12O8. The number of anilines is 1. The van der Waals surface area contributed by atoms with Gasteiger partial charge in [-0.15, -0.1) is 6.42 Å². The van der Waals surface area contributed by atoms with Crippen LogP contribution in [0.3, 0.4) is 0 Å². The third-order valence-electron chi connectivity index (χ3n) is 19.1. The van der Waals surface area contributed by atoms with E-state index in [2.05, 4.69) is 46.6 Å². The summed E-state index contributed by atoms with van der Waals surface area (Å²) < 4.78 is 53.3. The molecule has 8 heterocycles.